The van der Waals surface area contributed by atoms with Gasteiger partial charge in [-0.3, -0.25) is 0 Å². The molecule has 15 heteroatoms. The molecule has 0 bridgehead atoms. The van der Waals surface area contributed by atoms with Crippen LogP contribution in [0.4, 0.5) is 0 Å². The quantitative estimate of drug-likeness (QED) is 0.140. The number of nitrogens with one attached hydrogen (secondary N) is 1. The largest absolute Gasteiger partial charge is 0.396 e. The lowest BCUT2D eigenvalue weighted by Crippen LogP contribution is -2.65. The Morgan fingerprint density at radius 1 is 0.559 bits per heavy atom. The molecule has 0 aromatic heterocycles. The lowest BCUT2D eigenvalue weighted by Gasteiger charge is -2.46. The third-order valence-electron chi connectivity index (χ3n) is 6.46. The second-order valence-corrected chi connectivity index (χ2v) is 8.67. The standard InChI is InChI=1S/C19H35NO14/c21-2-1-6-16(10(25)7(3-22)20-6)33-19-15(30)17(12(27)9(5-24)32-19)34-18-14(29)13(28)11(26)8(4-23)31-18/h6-30H,1-5H2/t6-,7-,8-,9-,10-,11-,12-,13+,14+,15+,16-,17+,18+,19+/m1/s1. The summed E-state index contributed by atoms with van der Waals surface area (Å²) in [6.07, 6.45) is -18.3. The van der Waals surface area contributed by atoms with Gasteiger partial charge >= 0.3 is 0 Å². The summed E-state index contributed by atoms with van der Waals surface area (Å²) in [7, 11) is 0. The van der Waals surface area contributed by atoms with Crippen molar-refractivity contribution < 1.29 is 70.0 Å². The third-order valence-corrected chi connectivity index (χ3v) is 6.46. The zero-order valence-corrected chi connectivity index (χ0v) is 18.2. The first kappa shape index (κ1) is 28.0. The summed E-state index contributed by atoms with van der Waals surface area (Å²) in [5, 5.41) is 103. The molecule has 0 aliphatic carbocycles. The molecule has 14 atom stereocenters. The molecule has 3 heterocycles. The zero-order valence-electron chi connectivity index (χ0n) is 18.2. The molecule has 0 aromatic carbocycles. The fraction of sp³-hybridized carbons (Fsp3) is 1.00. The SMILES string of the molecule is OCC[C@H]1N[C@H](CO)[C@@H](O)[C@@H]1O[C@@H]1O[C@H](CO)[C@@H](O)[C@H](O[C@@H]2O[C@H](CO)[C@@H](O)[C@H](O)[C@@H]2O)[C@@H]1O. The molecule has 0 saturated carbocycles. The Morgan fingerprint density at radius 2 is 1.12 bits per heavy atom. The molecule has 0 unspecified atom stereocenters. The maximum atomic E-state index is 10.8. The molecule has 0 radical (unpaired) electrons. The van der Waals surface area contributed by atoms with Gasteiger partial charge in [0.2, 0.25) is 0 Å². The first-order chi connectivity index (χ1) is 16.2. The van der Waals surface area contributed by atoms with Gasteiger partial charge in [-0.05, 0) is 6.42 Å². The van der Waals surface area contributed by atoms with Crippen LogP contribution in [0.1, 0.15) is 6.42 Å². The average Bonchev–Trinajstić information content (AvgIpc) is 3.12. The normalized spacial score (nSPS) is 49.9. The highest BCUT2D eigenvalue weighted by atomic mass is 16.7. The average molecular weight is 501 g/mol. The molecule has 11 N–H and O–H groups in total. The van der Waals surface area contributed by atoms with Crippen LogP contribution >= 0.6 is 0 Å². The molecule has 3 saturated heterocycles. The Balaban J connectivity index is 1.77. The summed E-state index contributed by atoms with van der Waals surface area (Å²) in [5.74, 6) is 0. The van der Waals surface area contributed by atoms with Crippen LogP contribution < -0.4 is 5.32 Å². The second kappa shape index (κ2) is 12.1. The van der Waals surface area contributed by atoms with Crippen LogP contribution in [0.15, 0.2) is 0 Å². The molecule has 200 valence electrons. The van der Waals surface area contributed by atoms with Gasteiger partial charge in [0, 0.05) is 12.6 Å². The van der Waals surface area contributed by atoms with E-state index in [0.29, 0.717) is 0 Å². The monoisotopic (exact) mass is 501 g/mol. The lowest BCUT2D eigenvalue weighted by atomic mass is 9.96. The van der Waals surface area contributed by atoms with E-state index in [2.05, 4.69) is 5.32 Å². The molecule has 15 nitrogen and oxygen atoms in total. The van der Waals surface area contributed by atoms with Crippen LogP contribution in [-0.4, -0.2) is 163 Å². The van der Waals surface area contributed by atoms with Crippen molar-refractivity contribution in [3.05, 3.63) is 0 Å². The molecule has 3 rings (SSSR count). The smallest absolute Gasteiger partial charge is 0.187 e. The summed E-state index contributed by atoms with van der Waals surface area (Å²) in [6.45, 7) is -2.15. The van der Waals surface area contributed by atoms with Crippen molar-refractivity contribution >= 4 is 0 Å². The highest BCUT2D eigenvalue weighted by molar-refractivity contribution is 5.00. The molecule has 3 aliphatic rings. The van der Waals surface area contributed by atoms with E-state index < -0.39 is 106 Å². The van der Waals surface area contributed by atoms with Crippen LogP contribution in [0.3, 0.4) is 0 Å². The minimum absolute atomic E-state index is 0.137. The number of aliphatic hydroxyl groups excluding tert-OH is 10. The Kier molecular flexibility index (Phi) is 9.95. The Labute approximate surface area is 194 Å². The number of aliphatic hydroxyl groups is 10. The molecule has 0 spiro atoms. The Morgan fingerprint density at radius 3 is 1.68 bits per heavy atom. The maximum absolute atomic E-state index is 10.8. The van der Waals surface area contributed by atoms with Gasteiger partial charge in [-0.1, -0.05) is 0 Å². The molecule has 3 aliphatic heterocycles. The zero-order chi connectivity index (χ0) is 25.2. The van der Waals surface area contributed by atoms with Crippen LogP contribution in [-0.2, 0) is 18.9 Å². The molecular weight excluding hydrogens is 466 g/mol. The fourth-order valence-electron chi connectivity index (χ4n) is 4.47. The Hall–Kier alpha value is -0.600. The van der Waals surface area contributed by atoms with E-state index in [1.807, 2.05) is 0 Å². The number of hydrogen-bond acceptors (Lipinski definition) is 15. The number of rotatable bonds is 9. The second-order valence-electron chi connectivity index (χ2n) is 8.67. The van der Waals surface area contributed by atoms with E-state index in [9.17, 15) is 51.1 Å². The van der Waals surface area contributed by atoms with Crippen LogP contribution in [0.25, 0.3) is 0 Å². The van der Waals surface area contributed by atoms with E-state index in [1.54, 1.807) is 0 Å². The van der Waals surface area contributed by atoms with Crippen LogP contribution in [0, 0.1) is 0 Å². The van der Waals surface area contributed by atoms with Gasteiger partial charge in [0.05, 0.1) is 32.0 Å². The molecular formula is C19H35NO14. The lowest BCUT2D eigenvalue weighted by molar-refractivity contribution is -0.365. The molecule has 3 fully saturated rings. The first-order valence-corrected chi connectivity index (χ1v) is 11.1. The van der Waals surface area contributed by atoms with E-state index >= 15 is 0 Å². The van der Waals surface area contributed by atoms with Gasteiger partial charge in [-0.2, -0.15) is 0 Å². The predicted octanol–water partition coefficient (Wildman–Crippen LogP) is -6.93. The maximum Gasteiger partial charge on any atom is 0.187 e. The minimum Gasteiger partial charge on any atom is -0.396 e. The summed E-state index contributed by atoms with van der Waals surface area (Å²) < 4.78 is 21.9. The fourth-order valence-corrected chi connectivity index (χ4v) is 4.47. The van der Waals surface area contributed by atoms with E-state index in [1.165, 1.54) is 0 Å². The topological polar surface area (TPSA) is 251 Å². The van der Waals surface area contributed by atoms with Gasteiger partial charge in [-0.25, -0.2) is 0 Å². The van der Waals surface area contributed by atoms with E-state index in [4.69, 9.17) is 18.9 Å². The molecule has 0 amide bonds. The van der Waals surface area contributed by atoms with Crippen molar-refractivity contribution in [1.82, 2.24) is 5.32 Å². The highest BCUT2D eigenvalue weighted by Gasteiger charge is 2.53. The van der Waals surface area contributed by atoms with Gasteiger partial charge in [0.25, 0.3) is 0 Å². The van der Waals surface area contributed by atoms with Crippen LogP contribution in [0.5, 0.6) is 0 Å². The highest BCUT2D eigenvalue weighted by Crippen LogP contribution is 2.31. The Bertz CT molecular complexity index is 630. The van der Waals surface area contributed by atoms with E-state index in [-0.39, 0.29) is 13.0 Å². The van der Waals surface area contributed by atoms with Crippen LogP contribution in [0.2, 0.25) is 0 Å². The molecule has 34 heavy (non-hydrogen) atoms. The number of hydrogen-bond donors (Lipinski definition) is 11. The summed E-state index contributed by atoms with van der Waals surface area (Å²) in [6, 6.07) is -1.40. The van der Waals surface area contributed by atoms with Crippen molar-refractivity contribution in [2.45, 2.75) is 92.1 Å². The number of ether oxygens (including phenoxy) is 4. The summed E-state index contributed by atoms with van der Waals surface area (Å²) >= 11 is 0. The minimum atomic E-state index is -1.81. The predicted molar refractivity (Wildman–Crippen MR) is 107 cm³/mol. The first-order valence-electron chi connectivity index (χ1n) is 11.1. The van der Waals surface area contributed by atoms with Crippen molar-refractivity contribution in [1.29, 1.82) is 0 Å². The van der Waals surface area contributed by atoms with Crippen molar-refractivity contribution in [2.75, 3.05) is 26.4 Å². The van der Waals surface area contributed by atoms with E-state index in [0.717, 1.165) is 0 Å². The van der Waals surface area contributed by atoms with Gasteiger partial charge < -0.3 is 75.3 Å². The van der Waals surface area contributed by atoms with Crippen molar-refractivity contribution in [3.63, 3.8) is 0 Å². The third kappa shape index (κ3) is 5.54. The van der Waals surface area contributed by atoms with Crippen molar-refractivity contribution in [3.8, 4) is 0 Å². The van der Waals surface area contributed by atoms with Gasteiger partial charge in [0.15, 0.2) is 12.6 Å². The van der Waals surface area contributed by atoms with Crippen molar-refractivity contribution in [2.24, 2.45) is 0 Å². The van der Waals surface area contributed by atoms with Gasteiger partial charge in [0.1, 0.15) is 54.9 Å². The summed E-state index contributed by atoms with van der Waals surface area (Å²) in [4.78, 5) is 0. The van der Waals surface area contributed by atoms with Gasteiger partial charge in [-0.15, -0.1) is 0 Å². The summed E-state index contributed by atoms with van der Waals surface area (Å²) in [5.41, 5.74) is 0. The molecule has 0 aromatic rings.